The largest absolute Gasteiger partial charge is 0.465 e. The second-order valence-electron chi connectivity index (χ2n) is 5.62. The van der Waals surface area contributed by atoms with Gasteiger partial charge >= 0.3 is 5.97 Å². The molecule has 0 aliphatic rings. The topological polar surface area (TPSA) is 39.2 Å². The highest BCUT2D eigenvalue weighted by molar-refractivity contribution is 6.49. The number of nitrogens with zero attached hydrogens (tertiary/aromatic N) is 1. The molecule has 3 rings (SSSR count). The van der Waals surface area contributed by atoms with E-state index in [1.165, 1.54) is 7.11 Å². The Hall–Kier alpha value is -1.20. The van der Waals surface area contributed by atoms with Gasteiger partial charge < -0.3 is 4.74 Å². The molecule has 0 amide bonds. The van der Waals surface area contributed by atoms with Crippen molar-refractivity contribution in [2.45, 2.75) is 0 Å². The first-order chi connectivity index (χ1) is 13.2. The van der Waals surface area contributed by atoms with Crippen LogP contribution in [0.1, 0.15) is 10.4 Å². The Morgan fingerprint density at radius 2 is 1.21 bits per heavy atom. The number of methoxy groups -OCH3 is 1. The van der Waals surface area contributed by atoms with Crippen LogP contribution in [0.25, 0.3) is 22.4 Å². The number of rotatable bonds is 3. The fourth-order valence-corrected chi connectivity index (χ4v) is 3.72. The van der Waals surface area contributed by atoms with Gasteiger partial charge in [-0.3, -0.25) is 4.98 Å². The molecule has 0 spiro atoms. The van der Waals surface area contributed by atoms with E-state index in [-0.39, 0.29) is 35.7 Å². The minimum Gasteiger partial charge on any atom is -0.465 e. The Morgan fingerprint density at radius 3 is 1.68 bits per heavy atom. The first-order valence-corrected chi connectivity index (χ1v) is 9.88. The molecule has 0 aliphatic carbocycles. The van der Waals surface area contributed by atoms with Gasteiger partial charge in [0.2, 0.25) is 0 Å². The standard InChI is InChI=1S/C19H9Cl6NO2/c1-28-19(27)11-2-10(8-3-12(20)16(24)13(21)4-8)7-26-18(11)9-5-14(22)17(25)15(23)6-9/h2-7H,1H3. The van der Waals surface area contributed by atoms with Crippen molar-refractivity contribution in [1.82, 2.24) is 4.98 Å². The summed E-state index contributed by atoms with van der Waals surface area (Å²) in [5.74, 6) is -0.585. The van der Waals surface area contributed by atoms with Crippen LogP contribution in [-0.2, 0) is 4.74 Å². The highest BCUT2D eigenvalue weighted by Gasteiger charge is 2.19. The van der Waals surface area contributed by atoms with Gasteiger partial charge in [-0.25, -0.2) is 4.79 Å². The second-order valence-corrected chi connectivity index (χ2v) is 8.00. The van der Waals surface area contributed by atoms with Crippen LogP contribution < -0.4 is 0 Å². The Morgan fingerprint density at radius 1 is 0.750 bits per heavy atom. The Bertz CT molecular complexity index is 1050. The number of ether oxygens (including phenoxy) is 1. The van der Waals surface area contributed by atoms with Gasteiger partial charge in [-0.05, 0) is 35.9 Å². The maximum atomic E-state index is 12.4. The summed E-state index contributed by atoms with van der Waals surface area (Å²) in [5.41, 5.74) is 2.28. The minimum absolute atomic E-state index is 0.205. The zero-order chi connectivity index (χ0) is 20.6. The van der Waals surface area contributed by atoms with E-state index in [4.69, 9.17) is 74.3 Å². The molecule has 0 N–H and O–H groups in total. The summed E-state index contributed by atoms with van der Waals surface area (Å²) >= 11 is 36.4. The summed E-state index contributed by atoms with van der Waals surface area (Å²) in [6.07, 6.45) is 1.56. The highest BCUT2D eigenvalue weighted by Crippen LogP contribution is 2.38. The van der Waals surface area contributed by atoms with Gasteiger partial charge in [0.1, 0.15) is 0 Å². The van der Waals surface area contributed by atoms with E-state index in [1.54, 1.807) is 36.5 Å². The number of carbonyl (C=O) groups excluding carboxylic acids is 1. The Balaban J connectivity index is 2.20. The van der Waals surface area contributed by atoms with Crippen LogP contribution in [0, 0.1) is 0 Å². The van der Waals surface area contributed by atoms with Gasteiger partial charge in [0.15, 0.2) is 0 Å². The molecule has 3 nitrogen and oxygen atoms in total. The monoisotopic (exact) mass is 493 g/mol. The molecule has 28 heavy (non-hydrogen) atoms. The number of carbonyl (C=O) groups is 1. The number of hydrogen-bond acceptors (Lipinski definition) is 3. The average molecular weight is 496 g/mol. The number of pyridine rings is 1. The van der Waals surface area contributed by atoms with Crippen molar-refractivity contribution in [2.24, 2.45) is 0 Å². The van der Waals surface area contributed by atoms with Gasteiger partial charge in [0.05, 0.1) is 48.5 Å². The maximum absolute atomic E-state index is 12.4. The molecule has 0 radical (unpaired) electrons. The lowest BCUT2D eigenvalue weighted by molar-refractivity contribution is 0.0601. The maximum Gasteiger partial charge on any atom is 0.340 e. The Labute approximate surface area is 191 Å². The van der Waals surface area contributed by atoms with Crippen LogP contribution in [0.2, 0.25) is 30.1 Å². The van der Waals surface area contributed by atoms with Crippen molar-refractivity contribution in [3.63, 3.8) is 0 Å². The summed E-state index contributed by atoms with van der Waals surface area (Å²) in [6, 6.07) is 8.01. The summed E-state index contributed by atoms with van der Waals surface area (Å²) in [5, 5.41) is 1.50. The predicted molar refractivity (Wildman–Crippen MR) is 117 cm³/mol. The molecule has 0 atom stereocenters. The smallest absolute Gasteiger partial charge is 0.340 e. The van der Waals surface area contributed by atoms with Crippen LogP contribution in [0.3, 0.4) is 0 Å². The van der Waals surface area contributed by atoms with E-state index >= 15 is 0 Å². The third kappa shape index (κ3) is 4.20. The minimum atomic E-state index is -0.585. The van der Waals surface area contributed by atoms with Gasteiger partial charge in [-0.15, -0.1) is 0 Å². The van der Waals surface area contributed by atoms with Crippen molar-refractivity contribution in [2.75, 3.05) is 7.11 Å². The first-order valence-electron chi connectivity index (χ1n) is 7.61. The van der Waals surface area contributed by atoms with Crippen molar-refractivity contribution >= 4 is 75.6 Å². The number of hydrogen-bond donors (Lipinski definition) is 0. The van der Waals surface area contributed by atoms with Gasteiger partial charge in [-0.1, -0.05) is 69.6 Å². The fraction of sp³-hybridized carbons (Fsp3) is 0.0526. The molecule has 144 valence electrons. The zero-order valence-corrected chi connectivity index (χ0v) is 18.5. The molecule has 9 heteroatoms. The summed E-state index contributed by atoms with van der Waals surface area (Å²) < 4.78 is 4.90. The fourth-order valence-electron chi connectivity index (χ4n) is 2.53. The molecule has 2 aromatic carbocycles. The number of halogens is 6. The average Bonchev–Trinajstić information content (AvgIpc) is 2.68. The third-order valence-corrected chi connectivity index (χ3v) is 6.26. The molecule has 1 heterocycles. The van der Waals surface area contributed by atoms with E-state index in [9.17, 15) is 4.79 Å². The predicted octanol–water partition coefficient (Wildman–Crippen LogP) is 8.12. The molecule has 3 aromatic rings. The van der Waals surface area contributed by atoms with Crippen LogP contribution in [0.4, 0.5) is 0 Å². The molecular weight excluding hydrogens is 487 g/mol. The van der Waals surface area contributed by atoms with E-state index < -0.39 is 5.97 Å². The molecule has 0 aliphatic heterocycles. The van der Waals surface area contributed by atoms with Crippen molar-refractivity contribution < 1.29 is 9.53 Å². The quantitative estimate of drug-likeness (QED) is 0.272. The second kappa shape index (κ2) is 8.66. The van der Waals surface area contributed by atoms with Crippen LogP contribution in [0.5, 0.6) is 0 Å². The molecular formula is C19H9Cl6NO2. The highest BCUT2D eigenvalue weighted by atomic mass is 35.5. The van der Waals surface area contributed by atoms with E-state index in [1.807, 2.05) is 0 Å². The Kier molecular flexibility index (Phi) is 6.65. The summed E-state index contributed by atoms with van der Waals surface area (Å²) in [4.78, 5) is 16.8. The molecule has 0 unspecified atom stereocenters. The zero-order valence-electron chi connectivity index (χ0n) is 14.0. The van der Waals surface area contributed by atoms with Gasteiger partial charge in [-0.2, -0.15) is 0 Å². The van der Waals surface area contributed by atoms with Gasteiger partial charge in [0, 0.05) is 17.3 Å². The third-order valence-electron chi connectivity index (χ3n) is 3.87. The number of esters is 1. The lowest BCUT2D eigenvalue weighted by Gasteiger charge is -2.12. The SMILES string of the molecule is COC(=O)c1cc(-c2cc(Cl)c(Cl)c(Cl)c2)cnc1-c1cc(Cl)c(Cl)c(Cl)c1. The van der Waals surface area contributed by atoms with Gasteiger partial charge in [0.25, 0.3) is 0 Å². The molecule has 0 saturated carbocycles. The lowest BCUT2D eigenvalue weighted by Crippen LogP contribution is -2.06. The first kappa shape index (κ1) is 21.5. The van der Waals surface area contributed by atoms with E-state index in [0.717, 1.165) is 0 Å². The molecule has 0 bridgehead atoms. The van der Waals surface area contributed by atoms with Crippen molar-refractivity contribution in [1.29, 1.82) is 0 Å². The van der Waals surface area contributed by atoms with E-state index in [0.29, 0.717) is 22.4 Å². The molecule has 1 aromatic heterocycles. The molecule has 0 saturated heterocycles. The number of aromatic nitrogens is 1. The van der Waals surface area contributed by atoms with Crippen molar-refractivity contribution in [3.8, 4) is 22.4 Å². The van der Waals surface area contributed by atoms with E-state index in [2.05, 4.69) is 4.98 Å². The van der Waals surface area contributed by atoms with Crippen molar-refractivity contribution in [3.05, 3.63) is 72.2 Å². The van der Waals surface area contributed by atoms with Crippen LogP contribution >= 0.6 is 69.6 Å². The van der Waals surface area contributed by atoms with Crippen LogP contribution in [0.15, 0.2) is 36.5 Å². The summed E-state index contributed by atoms with van der Waals surface area (Å²) in [7, 11) is 1.27. The van der Waals surface area contributed by atoms with Crippen LogP contribution in [-0.4, -0.2) is 18.1 Å². The number of benzene rings is 2. The normalized spacial score (nSPS) is 10.8. The molecule has 0 fully saturated rings. The lowest BCUT2D eigenvalue weighted by atomic mass is 10.0. The summed E-state index contributed by atoms with van der Waals surface area (Å²) in [6.45, 7) is 0.